The van der Waals surface area contributed by atoms with Gasteiger partial charge in [-0.15, -0.1) is 12.4 Å². The Balaban J connectivity index is 0.000000980. The van der Waals surface area contributed by atoms with Gasteiger partial charge in [0.05, 0.1) is 0 Å². The van der Waals surface area contributed by atoms with E-state index in [4.69, 9.17) is 17.3 Å². The molecule has 1 fully saturated rings. The van der Waals surface area contributed by atoms with Crippen LogP contribution in [0, 0.1) is 12.8 Å². The zero-order chi connectivity index (χ0) is 9.42. The Kier molecular flexibility index (Phi) is 3.82. The molecular weight excluding hydrogens is 217 g/mol. The fourth-order valence-electron chi connectivity index (χ4n) is 1.60. The molecule has 0 spiro atoms. The molecule has 2 rings (SSSR count). The van der Waals surface area contributed by atoms with Crippen molar-refractivity contribution in [2.24, 2.45) is 11.7 Å². The number of halogens is 2. The Hall–Kier alpha value is -0.240. The van der Waals surface area contributed by atoms with Crippen LogP contribution >= 0.6 is 24.0 Å². The van der Waals surface area contributed by atoms with Gasteiger partial charge in [0.2, 0.25) is 0 Å². The van der Waals surface area contributed by atoms with Gasteiger partial charge in [0.15, 0.2) is 0 Å². The second kappa shape index (κ2) is 4.52. The third kappa shape index (κ3) is 2.41. The highest BCUT2D eigenvalue weighted by atomic mass is 35.5. The van der Waals surface area contributed by atoms with E-state index in [1.165, 1.54) is 18.4 Å². The van der Waals surface area contributed by atoms with Gasteiger partial charge in [-0.3, -0.25) is 0 Å². The number of aryl methyl sites for hydroxylation is 1. The average Bonchev–Trinajstić information content (AvgIpc) is 2.91. The number of rotatable bonds is 2. The summed E-state index contributed by atoms with van der Waals surface area (Å²) in [5, 5.41) is 0.826. The summed E-state index contributed by atoms with van der Waals surface area (Å²) in [6.45, 7) is 2.02. The van der Waals surface area contributed by atoms with Gasteiger partial charge in [0, 0.05) is 11.1 Å². The minimum absolute atomic E-state index is 0. The Morgan fingerprint density at radius 2 is 2.07 bits per heavy atom. The van der Waals surface area contributed by atoms with Crippen LogP contribution in [0.5, 0.6) is 0 Å². The smallest absolute Gasteiger partial charge is 0.0435 e. The number of nitrogens with two attached hydrogens (primary N) is 1. The first-order valence-electron chi connectivity index (χ1n) is 4.70. The van der Waals surface area contributed by atoms with E-state index in [9.17, 15) is 0 Å². The molecule has 0 radical (unpaired) electrons. The van der Waals surface area contributed by atoms with Gasteiger partial charge < -0.3 is 5.73 Å². The van der Waals surface area contributed by atoms with Gasteiger partial charge in [-0.25, -0.2) is 0 Å². The van der Waals surface area contributed by atoms with Gasteiger partial charge in [-0.05, 0) is 42.9 Å². The maximum absolute atomic E-state index is 6.08. The first-order chi connectivity index (χ1) is 6.18. The van der Waals surface area contributed by atoms with Crippen LogP contribution in [-0.4, -0.2) is 0 Å². The summed E-state index contributed by atoms with van der Waals surface area (Å²) in [6.07, 6.45) is 2.56. The van der Waals surface area contributed by atoms with Crippen molar-refractivity contribution in [2.75, 3.05) is 0 Å². The summed E-state index contributed by atoms with van der Waals surface area (Å²) in [7, 11) is 0. The molecule has 0 heterocycles. The minimum atomic E-state index is 0. The number of benzene rings is 1. The molecule has 0 unspecified atom stereocenters. The summed E-state index contributed by atoms with van der Waals surface area (Å²) < 4.78 is 0. The SMILES string of the molecule is Cc1cc([C@@H](N)C2CC2)ccc1Cl.Cl. The lowest BCUT2D eigenvalue weighted by Crippen LogP contribution is -2.12. The Bertz CT molecular complexity index is 321. The van der Waals surface area contributed by atoms with Crippen LogP contribution in [0.25, 0.3) is 0 Å². The summed E-state index contributed by atoms with van der Waals surface area (Å²) in [5.41, 5.74) is 8.42. The molecule has 14 heavy (non-hydrogen) atoms. The zero-order valence-electron chi connectivity index (χ0n) is 8.16. The molecule has 3 heteroatoms. The molecule has 1 aromatic rings. The zero-order valence-corrected chi connectivity index (χ0v) is 9.74. The van der Waals surface area contributed by atoms with Crippen LogP contribution in [0.15, 0.2) is 18.2 Å². The standard InChI is InChI=1S/C11H14ClN.ClH/c1-7-6-9(4-5-10(7)12)11(13)8-2-3-8;/h4-6,8,11H,2-3,13H2,1H3;1H/t11-;/m0./s1. The van der Waals surface area contributed by atoms with E-state index in [0.717, 1.165) is 10.6 Å². The molecule has 1 aliphatic carbocycles. The second-order valence-electron chi connectivity index (χ2n) is 3.87. The first-order valence-corrected chi connectivity index (χ1v) is 5.08. The lowest BCUT2D eigenvalue weighted by Gasteiger charge is -2.11. The summed E-state index contributed by atoms with van der Waals surface area (Å²) in [6, 6.07) is 6.30. The largest absolute Gasteiger partial charge is 0.324 e. The molecule has 0 amide bonds. The third-order valence-corrected chi connectivity index (χ3v) is 3.12. The van der Waals surface area contributed by atoms with Crippen molar-refractivity contribution in [3.63, 3.8) is 0 Å². The second-order valence-corrected chi connectivity index (χ2v) is 4.28. The van der Waals surface area contributed by atoms with E-state index in [1.807, 2.05) is 19.1 Å². The molecule has 0 aromatic heterocycles. The van der Waals surface area contributed by atoms with Gasteiger partial charge in [0.1, 0.15) is 0 Å². The Labute approximate surface area is 96.0 Å². The van der Waals surface area contributed by atoms with Gasteiger partial charge in [-0.1, -0.05) is 23.7 Å². The normalized spacial score (nSPS) is 17.4. The highest BCUT2D eigenvalue weighted by Crippen LogP contribution is 2.39. The highest BCUT2D eigenvalue weighted by molar-refractivity contribution is 6.31. The van der Waals surface area contributed by atoms with Crippen LogP contribution in [-0.2, 0) is 0 Å². The number of hydrogen-bond donors (Lipinski definition) is 1. The molecule has 1 aromatic carbocycles. The maximum Gasteiger partial charge on any atom is 0.0435 e. The summed E-state index contributed by atoms with van der Waals surface area (Å²) in [5.74, 6) is 0.709. The van der Waals surface area contributed by atoms with Crippen molar-refractivity contribution < 1.29 is 0 Å². The first kappa shape index (κ1) is 11.8. The van der Waals surface area contributed by atoms with Crippen molar-refractivity contribution in [3.8, 4) is 0 Å². The van der Waals surface area contributed by atoms with E-state index in [2.05, 4.69) is 6.07 Å². The van der Waals surface area contributed by atoms with E-state index in [1.54, 1.807) is 0 Å². The summed E-state index contributed by atoms with van der Waals surface area (Å²) >= 11 is 5.94. The molecule has 1 atom stereocenters. The third-order valence-electron chi connectivity index (χ3n) is 2.70. The van der Waals surface area contributed by atoms with E-state index >= 15 is 0 Å². The fraction of sp³-hybridized carbons (Fsp3) is 0.455. The molecule has 2 N–H and O–H groups in total. The molecule has 1 saturated carbocycles. The Morgan fingerprint density at radius 3 is 2.57 bits per heavy atom. The number of hydrogen-bond acceptors (Lipinski definition) is 1. The minimum Gasteiger partial charge on any atom is -0.324 e. The maximum atomic E-state index is 6.08. The molecule has 1 aliphatic rings. The van der Waals surface area contributed by atoms with Crippen molar-refractivity contribution in [2.45, 2.75) is 25.8 Å². The lowest BCUT2D eigenvalue weighted by molar-refractivity contribution is 0.633. The van der Waals surface area contributed by atoms with Gasteiger partial charge >= 0.3 is 0 Å². The van der Waals surface area contributed by atoms with Gasteiger partial charge in [-0.2, -0.15) is 0 Å². The van der Waals surface area contributed by atoms with E-state index in [0.29, 0.717) is 5.92 Å². The van der Waals surface area contributed by atoms with Crippen LogP contribution in [0.1, 0.15) is 30.0 Å². The van der Waals surface area contributed by atoms with Crippen LogP contribution in [0.2, 0.25) is 5.02 Å². The van der Waals surface area contributed by atoms with Crippen molar-refractivity contribution >= 4 is 24.0 Å². The summed E-state index contributed by atoms with van der Waals surface area (Å²) in [4.78, 5) is 0. The van der Waals surface area contributed by atoms with Crippen LogP contribution < -0.4 is 5.73 Å². The monoisotopic (exact) mass is 231 g/mol. The average molecular weight is 232 g/mol. The topological polar surface area (TPSA) is 26.0 Å². The predicted molar refractivity (Wildman–Crippen MR) is 63.1 cm³/mol. The molecule has 0 aliphatic heterocycles. The highest BCUT2D eigenvalue weighted by Gasteiger charge is 2.29. The van der Waals surface area contributed by atoms with Crippen molar-refractivity contribution in [1.82, 2.24) is 0 Å². The van der Waals surface area contributed by atoms with Crippen molar-refractivity contribution in [1.29, 1.82) is 0 Å². The molecule has 1 nitrogen and oxygen atoms in total. The van der Waals surface area contributed by atoms with Crippen molar-refractivity contribution in [3.05, 3.63) is 34.3 Å². The van der Waals surface area contributed by atoms with E-state index in [-0.39, 0.29) is 18.4 Å². The van der Waals surface area contributed by atoms with Gasteiger partial charge in [0.25, 0.3) is 0 Å². The van der Waals surface area contributed by atoms with Crippen LogP contribution in [0.3, 0.4) is 0 Å². The lowest BCUT2D eigenvalue weighted by atomic mass is 10.0. The fourth-order valence-corrected chi connectivity index (χ4v) is 1.72. The molecule has 78 valence electrons. The molecule has 0 saturated heterocycles. The predicted octanol–water partition coefficient (Wildman–Crippen LogP) is 3.48. The van der Waals surface area contributed by atoms with Crippen LogP contribution in [0.4, 0.5) is 0 Å². The Morgan fingerprint density at radius 1 is 1.43 bits per heavy atom. The quantitative estimate of drug-likeness (QED) is 0.829. The molecule has 0 bridgehead atoms. The molecular formula is C11H15Cl2N. The van der Waals surface area contributed by atoms with E-state index < -0.39 is 0 Å².